The molecule has 8 heteroatoms. The minimum atomic E-state index is -3.90. The highest BCUT2D eigenvalue weighted by Gasteiger charge is 2.25. The first-order valence-corrected chi connectivity index (χ1v) is 7.68. The summed E-state index contributed by atoms with van der Waals surface area (Å²) < 4.78 is 31.1. The molecule has 0 unspecified atom stereocenters. The number of rotatable bonds is 5. The number of hydrogen-bond acceptors (Lipinski definition) is 5. The highest BCUT2D eigenvalue weighted by Crippen LogP contribution is 2.31. The second kappa shape index (κ2) is 6.02. The number of benzene rings is 2. The second-order valence-electron chi connectivity index (χ2n) is 4.40. The molecule has 0 spiro atoms. The maximum Gasteiger partial charge on any atom is 0.312 e. The van der Waals surface area contributed by atoms with Crippen molar-refractivity contribution < 1.29 is 18.1 Å². The maximum atomic E-state index is 12.6. The third-order valence-corrected chi connectivity index (χ3v) is 4.91. The molecule has 0 radical (unpaired) electrons. The molecule has 2 aromatic rings. The number of nitro benzene ring substituents is 1. The number of para-hydroxylation sites is 1. The van der Waals surface area contributed by atoms with Crippen LogP contribution in [0.5, 0.6) is 5.75 Å². The van der Waals surface area contributed by atoms with E-state index in [2.05, 4.69) is 0 Å². The summed E-state index contributed by atoms with van der Waals surface area (Å²) in [4.78, 5) is 10.2. The van der Waals surface area contributed by atoms with Crippen LogP contribution in [-0.4, -0.2) is 27.5 Å². The Morgan fingerprint density at radius 1 is 1.14 bits per heavy atom. The van der Waals surface area contributed by atoms with Crippen molar-refractivity contribution in [2.24, 2.45) is 0 Å². The molecule has 0 amide bonds. The minimum absolute atomic E-state index is 0.00585. The molecule has 22 heavy (non-hydrogen) atoms. The van der Waals surface area contributed by atoms with E-state index in [0.29, 0.717) is 5.69 Å². The van der Waals surface area contributed by atoms with E-state index in [4.69, 9.17) is 4.74 Å². The van der Waals surface area contributed by atoms with Gasteiger partial charge in [-0.1, -0.05) is 18.2 Å². The lowest BCUT2D eigenvalue weighted by Crippen LogP contribution is -2.26. The summed E-state index contributed by atoms with van der Waals surface area (Å²) >= 11 is 0. The number of anilines is 1. The summed E-state index contributed by atoms with van der Waals surface area (Å²) in [5.74, 6) is 0.00585. The van der Waals surface area contributed by atoms with Crippen LogP contribution in [0.15, 0.2) is 53.4 Å². The molecule has 0 aliphatic heterocycles. The zero-order chi connectivity index (χ0) is 16.3. The molecule has 0 heterocycles. The third-order valence-electron chi connectivity index (χ3n) is 3.13. The van der Waals surface area contributed by atoms with Crippen LogP contribution >= 0.6 is 0 Å². The molecular weight excluding hydrogens is 308 g/mol. The molecule has 2 aromatic carbocycles. The Kier molecular flexibility index (Phi) is 4.32. The maximum absolute atomic E-state index is 12.6. The van der Waals surface area contributed by atoms with Gasteiger partial charge in [-0.2, -0.15) is 0 Å². The number of hydrogen-bond donors (Lipinski definition) is 0. The van der Waals surface area contributed by atoms with E-state index < -0.39 is 20.6 Å². The van der Waals surface area contributed by atoms with Gasteiger partial charge >= 0.3 is 5.69 Å². The van der Waals surface area contributed by atoms with E-state index in [1.165, 1.54) is 26.3 Å². The summed E-state index contributed by atoms with van der Waals surface area (Å²) in [6.45, 7) is 0. The standard InChI is InChI=1S/C14H14N2O5S/c1-15(11-6-4-3-5-7-11)22(19,20)12-8-9-14(21-2)13(10-12)16(17)18/h3-10H,1-2H3. The van der Waals surface area contributed by atoms with Crippen molar-refractivity contribution in [3.05, 3.63) is 58.6 Å². The molecule has 116 valence electrons. The van der Waals surface area contributed by atoms with E-state index in [0.717, 1.165) is 10.4 Å². The molecule has 0 N–H and O–H groups in total. The molecule has 0 fully saturated rings. The van der Waals surface area contributed by atoms with Crippen molar-refractivity contribution in [2.75, 3.05) is 18.5 Å². The fraction of sp³-hybridized carbons (Fsp3) is 0.143. The molecule has 0 aliphatic carbocycles. The van der Waals surface area contributed by atoms with Crippen LogP contribution < -0.4 is 9.04 Å². The molecule has 0 saturated heterocycles. The van der Waals surface area contributed by atoms with Gasteiger partial charge in [0.1, 0.15) is 0 Å². The van der Waals surface area contributed by atoms with Crippen molar-refractivity contribution >= 4 is 21.4 Å². The van der Waals surface area contributed by atoms with Crippen LogP contribution in [-0.2, 0) is 10.0 Å². The highest BCUT2D eigenvalue weighted by atomic mass is 32.2. The quantitative estimate of drug-likeness (QED) is 0.623. The van der Waals surface area contributed by atoms with Crippen LogP contribution in [0.3, 0.4) is 0 Å². The summed E-state index contributed by atoms with van der Waals surface area (Å²) in [6.07, 6.45) is 0. The van der Waals surface area contributed by atoms with Gasteiger partial charge in [-0.25, -0.2) is 8.42 Å². The Morgan fingerprint density at radius 3 is 2.32 bits per heavy atom. The molecule has 2 rings (SSSR count). The van der Waals surface area contributed by atoms with Gasteiger partial charge in [-0.15, -0.1) is 0 Å². The molecule has 0 saturated carbocycles. The van der Waals surface area contributed by atoms with Crippen molar-refractivity contribution in [1.29, 1.82) is 0 Å². The van der Waals surface area contributed by atoms with Gasteiger partial charge in [-0.05, 0) is 24.3 Å². The Balaban J connectivity index is 2.50. The molecule has 0 aromatic heterocycles. The lowest BCUT2D eigenvalue weighted by atomic mass is 10.3. The summed E-state index contributed by atoms with van der Waals surface area (Å²) in [5.41, 5.74) is 0.0611. The summed E-state index contributed by atoms with van der Waals surface area (Å²) in [7, 11) is -1.23. The Hall–Kier alpha value is -2.61. The Morgan fingerprint density at radius 2 is 1.77 bits per heavy atom. The second-order valence-corrected chi connectivity index (χ2v) is 6.37. The Labute approximate surface area is 128 Å². The van der Waals surface area contributed by atoms with E-state index in [1.807, 2.05) is 0 Å². The van der Waals surface area contributed by atoms with E-state index in [1.54, 1.807) is 30.3 Å². The predicted molar refractivity (Wildman–Crippen MR) is 81.7 cm³/mol. The van der Waals surface area contributed by atoms with Gasteiger partial charge in [0.05, 0.1) is 22.6 Å². The Bertz CT molecular complexity index is 790. The topological polar surface area (TPSA) is 89.8 Å². The summed E-state index contributed by atoms with van der Waals surface area (Å²) in [5, 5.41) is 11.0. The van der Waals surface area contributed by atoms with Gasteiger partial charge in [0.15, 0.2) is 5.75 Å². The normalized spacial score (nSPS) is 11.0. The number of methoxy groups -OCH3 is 1. The van der Waals surface area contributed by atoms with Crippen LogP contribution in [0, 0.1) is 10.1 Å². The van der Waals surface area contributed by atoms with Crippen LogP contribution in [0.1, 0.15) is 0 Å². The highest BCUT2D eigenvalue weighted by molar-refractivity contribution is 7.92. The molecule has 0 aliphatic rings. The summed E-state index contributed by atoms with van der Waals surface area (Å²) in [6, 6.07) is 12.0. The predicted octanol–water partition coefficient (Wildman–Crippen LogP) is 2.43. The number of ether oxygens (including phenoxy) is 1. The van der Waals surface area contributed by atoms with Crippen LogP contribution in [0.25, 0.3) is 0 Å². The van der Waals surface area contributed by atoms with Crippen molar-refractivity contribution in [3.8, 4) is 5.75 Å². The van der Waals surface area contributed by atoms with Crippen molar-refractivity contribution in [1.82, 2.24) is 0 Å². The smallest absolute Gasteiger partial charge is 0.312 e. The molecule has 0 bridgehead atoms. The van der Waals surface area contributed by atoms with Crippen molar-refractivity contribution in [2.45, 2.75) is 4.90 Å². The first kappa shape index (κ1) is 15.8. The van der Waals surface area contributed by atoms with Gasteiger partial charge in [-0.3, -0.25) is 14.4 Å². The fourth-order valence-electron chi connectivity index (χ4n) is 1.91. The van der Waals surface area contributed by atoms with E-state index in [9.17, 15) is 18.5 Å². The minimum Gasteiger partial charge on any atom is -0.490 e. The van der Waals surface area contributed by atoms with Crippen LogP contribution in [0.4, 0.5) is 11.4 Å². The van der Waals surface area contributed by atoms with Gasteiger partial charge < -0.3 is 4.74 Å². The average molecular weight is 322 g/mol. The van der Waals surface area contributed by atoms with Crippen molar-refractivity contribution in [3.63, 3.8) is 0 Å². The van der Waals surface area contributed by atoms with Gasteiger partial charge in [0.25, 0.3) is 10.0 Å². The average Bonchev–Trinajstić information content (AvgIpc) is 2.54. The monoisotopic (exact) mass is 322 g/mol. The largest absolute Gasteiger partial charge is 0.490 e. The number of sulfonamides is 1. The van der Waals surface area contributed by atoms with E-state index in [-0.39, 0.29) is 10.6 Å². The molecule has 7 nitrogen and oxygen atoms in total. The van der Waals surface area contributed by atoms with Crippen LogP contribution in [0.2, 0.25) is 0 Å². The molecule has 0 atom stereocenters. The van der Waals surface area contributed by atoms with Gasteiger partial charge in [0.2, 0.25) is 0 Å². The lowest BCUT2D eigenvalue weighted by molar-refractivity contribution is -0.386. The zero-order valence-electron chi connectivity index (χ0n) is 12.0. The molecular formula is C14H14N2O5S. The third kappa shape index (κ3) is 2.86. The fourth-order valence-corrected chi connectivity index (χ4v) is 3.12. The zero-order valence-corrected chi connectivity index (χ0v) is 12.8. The number of nitro groups is 1. The SMILES string of the molecule is COc1ccc(S(=O)(=O)N(C)c2ccccc2)cc1[N+](=O)[O-]. The first-order valence-electron chi connectivity index (χ1n) is 6.24. The van der Waals surface area contributed by atoms with E-state index >= 15 is 0 Å². The lowest BCUT2D eigenvalue weighted by Gasteiger charge is -2.19. The first-order chi connectivity index (χ1) is 10.4. The van der Waals surface area contributed by atoms with Gasteiger partial charge in [0, 0.05) is 13.1 Å². The number of nitrogens with zero attached hydrogens (tertiary/aromatic N) is 2.